The van der Waals surface area contributed by atoms with Crippen molar-refractivity contribution in [1.82, 2.24) is 0 Å². The molecule has 27 heavy (non-hydrogen) atoms. The number of anilines is 1. The normalized spacial score (nSPS) is 11.7. The van der Waals surface area contributed by atoms with Crippen LogP contribution in [0.5, 0.6) is 11.5 Å². The van der Waals surface area contributed by atoms with E-state index in [1.807, 2.05) is 0 Å². The van der Waals surface area contributed by atoms with Crippen LogP contribution in [0.1, 0.15) is 12.5 Å². The van der Waals surface area contributed by atoms with E-state index in [4.69, 9.17) is 14.2 Å². The number of nitrogens with one attached hydrogen (secondary N) is 1. The van der Waals surface area contributed by atoms with Gasteiger partial charge >= 0.3 is 5.97 Å². The van der Waals surface area contributed by atoms with Gasteiger partial charge in [0.05, 0.1) is 14.2 Å². The second kappa shape index (κ2) is 9.78. The average molecular weight is 434 g/mol. The molecule has 142 valence electrons. The summed E-state index contributed by atoms with van der Waals surface area (Å²) >= 11 is 3.32. The SMILES string of the molecule is COc1ccc(/C=C/C(=O)OC(C)C(=O)Nc2ccc(Br)cc2)c(OC)c1. The first-order valence-corrected chi connectivity index (χ1v) is 8.89. The van der Waals surface area contributed by atoms with Crippen LogP contribution in [0.4, 0.5) is 5.69 Å². The first-order chi connectivity index (χ1) is 12.9. The minimum atomic E-state index is -0.941. The van der Waals surface area contributed by atoms with E-state index in [2.05, 4.69) is 21.2 Å². The summed E-state index contributed by atoms with van der Waals surface area (Å²) in [5, 5.41) is 2.68. The molecule has 0 aliphatic heterocycles. The van der Waals surface area contributed by atoms with Gasteiger partial charge in [-0.15, -0.1) is 0 Å². The highest BCUT2D eigenvalue weighted by Crippen LogP contribution is 2.25. The molecule has 0 saturated carbocycles. The Morgan fingerprint density at radius 3 is 2.41 bits per heavy atom. The van der Waals surface area contributed by atoms with E-state index in [0.29, 0.717) is 22.7 Å². The highest BCUT2D eigenvalue weighted by Gasteiger charge is 2.16. The molecule has 1 unspecified atom stereocenters. The number of hydrogen-bond donors (Lipinski definition) is 1. The lowest BCUT2D eigenvalue weighted by molar-refractivity contribution is -0.148. The number of amides is 1. The second-order valence-corrected chi connectivity index (χ2v) is 6.43. The zero-order valence-electron chi connectivity index (χ0n) is 15.2. The van der Waals surface area contributed by atoms with Crippen LogP contribution >= 0.6 is 15.9 Å². The van der Waals surface area contributed by atoms with Gasteiger partial charge in [0.15, 0.2) is 6.10 Å². The number of ether oxygens (including phenoxy) is 3. The summed E-state index contributed by atoms with van der Waals surface area (Å²) in [5.74, 6) is 0.150. The fraction of sp³-hybridized carbons (Fsp3) is 0.200. The summed E-state index contributed by atoms with van der Waals surface area (Å²) < 4.78 is 16.4. The lowest BCUT2D eigenvalue weighted by Crippen LogP contribution is -2.29. The van der Waals surface area contributed by atoms with Crippen LogP contribution in [0, 0.1) is 0 Å². The van der Waals surface area contributed by atoms with Crippen molar-refractivity contribution in [2.24, 2.45) is 0 Å². The maximum Gasteiger partial charge on any atom is 0.331 e. The molecule has 7 heteroatoms. The Kier molecular flexibility index (Phi) is 7.43. The lowest BCUT2D eigenvalue weighted by Gasteiger charge is -2.12. The fourth-order valence-corrected chi connectivity index (χ4v) is 2.42. The Hall–Kier alpha value is -2.80. The Morgan fingerprint density at radius 2 is 1.78 bits per heavy atom. The molecule has 0 fully saturated rings. The number of hydrogen-bond acceptors (Lipinski definition) is 5. The minimum absolute atomic E-state index is 0.416. The minimum Gasteiger partial charge on any atom is -0.497 e. The van der Waals surface area contributed by atoms with Gasteiger partial charge in [0.25, 0.3) is 5.91 Å². The van der Waals surface area contributed by atoms with Crippen molar-refractivity contribution < 1.29 is 23.8 Å². The van der Waals surface area contributed by atoms with Crippen LogP contribution < -0.4 is 14.8 Å². The van der Waals surface area contributed by atoms with Gasteiger partial charge in [-0.05, 0) is 49.4 Å². The molecular formula is C20H20BrNO5. The number of halogens is 1. The number of carbonyl (C=O) groups is 2. The molecule has 0 radical (unpaired) electrons. The van der Waals surface area contributed by atoms with Crippen LogP contribution in [0.25, 0.3) is 6.08 Å². The zero-order chi connectivity index (χ0) is 19.8. The van der Waals surface area contributed by atoms with Crippen molar-refractivity contribution in [2.75, 3.05) is 19.5 Å². The molecule has 2 aromatic carbocycles. The maximum atomic E-state index is 12.1. The van der Waals surface area contributed by atoms with E-state index in [1.165, 1.54) is 20.1 Å². The quantitative estimate of drug-likeness (QED) is 0.526. The van der Waals surface area contributed by atoms with Gasteiger partial charge in [-0.1, -0.05) is 15.9 Å². The van der Waals surface area contributed by atoms with E-state index < -0.39 is 18.0 Å². The molecule has 0 heterocycles. The van der Waals surface area contributed by atoms with Gasteiger partial charge in [-0.2, -0.15) is 0 Å². The Balaban J connectivity index is 1.95. The lowest BCUT2D eigenvalue weighted by atomic mass is 10.1. The first kappa shape index (κ1) is 20.5. The van der Waals surface area contributed by atoms with Crippen molar-refractivity contribution >= 4 is 39.6 Å². The molecule has 0 aliphatic carbocycles. The highest BCUT2D eigenvalue weighted by atomic mass is 79.9. The van der Waals surface area contributed by atoms with Crippen LogP contribution in [0.3, 0.4) is 0 Å². The maximum absolute atomic E-state index is 12.1. The third kappa shape index (κ3) is 6.14. The summed E-state index contributed by atoms with van der Waals surface area (Å²) in [6.07, 6.45) is 1.86. The first-order valence-electron chi connectivity index (χ1n) is 8.10. The predicted octanol–water partition coefficient (Wildman–Crippen LogP) is 4.05. The average Bonchev–Trinajstić information content (AvgIpc) is 2.67. The Morgan fingerprint density at radius 1 is 1.07 bits per heavy atom. The van der Waals surface area contributed by atoms with E-state index in [1.54, 1.807) is 55.7 Å². The molecule has 2 aromatic rings. The molecule has 0 saturated heterocycles. The van der Waals surface area contributed by atoms with E-state index in [9.17, 15) is 9.59 Å². The number of rotatable bonds is 7. The molecule has 0 aromatic heterocycles. The molecule has 2 rings (SSSR count). The molecule has 0 aliphatic rings. The monoisotopic (exact) mass is 433 g/mol. The summed E-state index contributed by atoms with van der Waals surface area (Å²) in [5.41, 5.74) is 1.30. The van der Waals surface area contributed by atoms with Gasteiger partial charge in [0.2, 0.25) is 0 Å². The van der Waals surface area contributed by atoms with Gasteiger partial charge in [-0.25, -0.2) is 4.79 Å². The number of esters is 1. The largest absolute Gasteiger partial charge is 0.497 e. The number of benzene rings is 2. The summed E-state index contributed by atoms with van der Waals surface area (Å²) in [7, 11) is 3.08. The highest BCUT2D eigenvalue weighted by molar-refractivity contribution is 9.10. The molecule has 1 atom stereocenters. The number of methoxy groups -OCH3 is 2. The third-order valence-electron chi connectivity index (χ3n) is 3.61. The van der Waals surface area contributed by atoms with Gasteiger partial charge in [0, 0.05) is 27.9 Å². The smallest absolute Gasteiger partial charge is 0.331 e. The molecule has 1 amide bonds. The van der Waals surface area contributed by atoms with E-state index in [-0.39, 0.29) is 0 Å². The van der Waals surface area contributed by atoms with Gasteiger partial charge < -0.3 is 19.5 Å². The topological polar surface area (TPSA) is 73.9 Å². The standard InChI is InChI=1S/C20H20BrNO5/c1-13(20(24)22-16-8-6-15(21)7-9-16)27-19(23)11-5-14-4-10-17(25-2)12-18(14)26-3/h4-13H,1-3H3,(H,22,24)/b11-5+. The number of carbonyl (C=O) groups excluding carboxylic acids is 2. The third-order valence-corrected chi connectivity index (χ3v) is 4.14. The molecule has 6 nitrogen and oxygen atoms in total. The van der Waals surface area contributed by atoms with Crippen LogP contribution in [0.15, 0.2) is 53.0 Å². The summed E-state index contributed by atoms with van der Waals surface area (Å²) in [4.78, 5) is 24.1. The molecule has 1 N–H and O–H groups in total. The summed E-state index contributed by atoms with van der Waals surface area (Å²) in [6.45, 7) is 1.51. The Bertz CT molecular complexity index is 833. The fourth-order valence-electron chi connectivity index (χ4n) is 2.16. The van der Waals surface area contributed by atoms with Crippen molar-refractivity contribution in [3.05, 3.63) is 58.6 Å². The molecule has 0 bridgehead atoms. The van der Waals surface area contributed by atoms with Crippen molar-refractivity contribution in [2.45, 2.75) is 13.0 Å². The molecular weight excluding hydrogens is 414 g/mol. The second-order valence-electron chi connectivity index (χ2n) is 5.52. The zero-order valence-corrected chi connectivity index (χ0v) is 16.8. The van der Waals surface area contributed by atoms with Crippen LogP contribution in [-0.4, -0.2) is 32.2 Å². The Labute approximate surface area is 166 Å². The predicted molar refractivity (Wildman–Crippen MR) is 107 cm³/mol. The van der Waals surface area contributed by atoms with E-state index >= 15 is 0 Å². The van der Waals surface area contributed by atoms with Crippen molar-refractivity contribution in [1.29, 1.82) is 0 Å². The summed E-state index contributed by atoms with van der Waals surface area (Å²) in [6, 6.07) is 12.3. The van der Waals surface area contributed by atoms with Crippen molar-refractivity contribution in [3.8, 4) is 11.5 Å². The van der Waals surface area contributed by atoms with Crippen LogP contribution in [0.2, 0.25) is 0 Å². The van der Waals surface area contributed by atoms with Gasteiger partial charge in [0.1, 0.15) is 11.5 Å². The van der Waals surface area contributed by atoms with Gasteiger partial charge in [-0.3, -0.25) is 4.79 Å². The molecule has 0 spiro atoms. The van der Waals surface area contributed by atoms with Crippen LogP contribution in [-0.2, 0) is 14.3 Å². The van der Waals surface area contributed by atoms with Crippen molar-refractivity contribution in [3.63, 3.8) is 0 Å². The van der Waals surface area contributed by atoms with E-state index in [0.717, 1.165) is 4.47 Å².